The molecular formula is C14H17NO2. The highest BCUT2D eigenvalue weighted by molar-refractivity contribution is 5.65. The highest BCUT2D eigenvalue weighted by atomic mass is 16.4. The molecule has 3 rings (SSSR count). The van der Waals surface area contributed by atoms with E-state index in [1.165, 1.54) is 18.4 Å². The Morgan fingerprint density at radius 1 is 1.24 bits per heavy atom. The number of hydrogen-bond donors (Lipinski definition) is 2. The maximum absolute atomic E-state index is 10.9. The van der Waals surface area contributed by atoms with Crippen molar-refractivity contribution in [3.05, 3.63) is 35.9 Å². The van der Waals surface area contributed by atoms with Gasteiger partial charge in [0.05, 0.1) is 0 Å². The summed E-state index contributed by atoms with van der Waals surface area (Å²) in [7, 11) is 0. The molecule has 2 aliphatic rings. The van der Waals surface area contributed by atoms with Gasteiger partial charge in [-0.15, -0.1) is 0 Å². The summed E-state index contributed by atoms with van der Waals surface area (Å²) in [5, 5.41) is 11.6. The van der Waals surface area contributed by atoms with Gasteiger partial charge in [0.2, 0.25) is 0 Å². The first-order valence-corrected chi connectivity index (χ1v) is 6.23. The SMILES string of the molecule is O=C(O)N[C@@H]1CC2(CC2)C[C@H]1c1ccccc1. The summed E-state index contributed by atoms with van der Waals surface area (Å²) in [5.74, 6) is 0.356. The predicted octanol–water partition coefficient (Wildman–Crippen LogP) is 2.98. The van der Waals surface area contributed by atoms with Crippen LogP contribution >= 0.6 is 0 Å². The molecule has 1 spiro atoms. The van der Waals surface area contributed by atoms with Crippen molar-refractivity contribution in [1.82, 2.24) is 5.32 Å². The van der Waals surface area contributed by atoms with Crippen molar-refractivity contribution in [3.8, 4) is 0 Å². The first kappa shape index (κ1) is 10.6. The van der Waals surface area contributed by atoms with Gasteiger partial charge in [-0.3, -0.25) is 0 Å². The minimum Gasteiger partial charge on any atom is -0.465 e. The standard InChI is InChI=1S/C14H17NO2/c16-13(17)15-12-9-14(6-7-14)8-11(12)10-4-2-1-3-5-10/h1-5,11-12,15H,6-9H2,(H,16,17)/t11-,12+/m0/s1. The zero-order valence-electron chi connectivity index (χ0n) is 9.73. The fourth-order valence-electron chi connectivity index (χ4n) is 3.25. The van der Waals surface area contributed by atoms with Crippen LogP contribution in [-0.4, -0.2) is 17.2 Å². The van der Waals surface area contributed by atoms with Crippen molar-refractivity contribution in [2.75, 3.05) is 0 Å². The number of amides is 1. The Hall–Kier alpha value is -1.51. The zero-order valence-corrected chi connectivity index (χ0v) is 9.73. The molecular weight excluding hydrogens is 214 g/mol. The van der Waals surface area contributed by atoms with Gasteiger partial charge in [-0.1, -0.05) is 30.3 Å². The molecule has 2 saturated carbocycles. The van der Waals surface area contributed by atoms with Gasteiger partial charge < -0.3 is 10.4 Å². The summed E-state index contributed by atoms with van der Waals surface area (Å²) in [5.41, 5.74) is 1.73. The van der Waals surface area contributed by atoms with Gasteiger partial charge in [0.15, 0.2) is 0 Å². The molecule has 2 atom stereocenters. The van der Waals surface area contributed by atoms with E-state index in [2.05, 4.69) is 17.4 Å². The van der Waals surface area contributed by atoms with Crippen molar-refractivity contribution in [2.45, 2.75) is 37.6 Å². The Bertz CT molecular complexity index is 425. The lowest BCUT2D eigenvalue weighted by atomic mass is 9.93. The molecule has 0 radical (unpaired) electrons. The van der Waals surface area contributed by atoms with Crippen LogP contribution in [0, 0.1) is 5.41 Å². The molecule has 3 heteroatoms. The molecule has 2 N–H and O–H groups in total. The fourth-order valence-corrected chi connectivity index (χ4v) is 3.25. The molecule has 0 heterocycles. The first-order valence-electron chi connectivity index (χ1n) is 6.23. The average Bonchev–Trinajstić information content (AvgIpc) is 2.96. The molecule has 3 nitrogen and oxygen atoms in total. The summed E-state index contributed by atoms with van der Waals surface area (Å²) in [6, 6.07) is 10.4. The quantitative estimate of drug-likeness (QED) is 0.822. The maximum Gasteiger partial charge on any atom is 0.404 e. The molecule has 1 amide bonds. The van der Waals surface area contributed by atoms with Gasteiger partial charge in [-0.05, 0) is 36.7 Å². The molecule has 1 aromatic carbocycles. The van der Waals surface area contributed by atoms with Gasteiger partial charge in [0.25, 0.3) is 0 Å². The number of carbonyl (C=O) groups is 1. The highest BCUT2D eigenvalue weighted by Crippen LogP contribution is 2.61. The van der Waals surface area contributed by atoms with E-state index >= 15 is 0 Å². The van der Waals surface area contributed by atoms with E-state index in [1.807, 2.05) is 18.2 Å². The van der Waals surface area contributed by atoms with Crippen LogP contribution in [0.25, 0.3) is 0 Å². The van der Waals surface area contributed by atoms with E-state index in [-0.39, 0.29) is 6.04 Å². The lowest BCUT2D eigenvalue weighted by Gasteiger charge is -2.19. The molecule has 0 unspecified atom stereocenters. The van der Waals surface area contributed by atoms with E-state index < -0.39 is 6.09 Å². The third-order valence-electron chi connectivity index (χ3n) is 4.29. The average molecular weight is 231 g/mol. The van der Waals surface area contributed by atoms with Crippen molar-refractivity contribution in [2.24, 2.45) is 5.41 Å². The van der Waals surface area contributed by atoms with Crippen molar-refractivity contribution in [1.29, 1.82) is 0 Å². The van der Waals surface area contributed by atoms with E-state index in [4.69, 9.17) is 5.11 Å². The zero-order chi connectivity index (χ0) is 11.9. The Balaban J connectivity index is 1.83. The molecule has 0 aromatic heterocycles. The second kappa shape index (κ2) is 3.76. The van der Waals surface area contributed by atoms with Gasteiger partial charge in [0, 0.05) is 12.0 Å². The topological polar surface area (TPSA) is 49.3 Å². The third kappa shape index (κ3) is 2.02. The molecule has 2 aliphatic carbocycles. The number of nitrogens with one attached hydrogen (secondary N) is 1. The van der Waals surface area contributed by atoms with Crippen LogP contribution in [0.2, 0.25) is 0 Å². The normalized spacial score (nSPS) is 29.2. The Morgan fingerprint density at radius 2 is 1.94 bits per heavy atom. The van der Waals surface area contributed by atoms with E-state index in [1.54, 1.807) is 0 Å². The maximum atomic E-state index is 10.9. The van der Waals surface area contributed by atoms with E-state index in [0.29, 0.717) is 11.3 Å². The predicted molar refractivity (Wildman–Crippen MR) is 65.0 cm³/mol. The second-order valence-electron chi connectivity index (χ2n) is 5.48. The molecule has 2 fully saturated rings. The van der Waals surface area contributed by atoms with Crippen LogP contribution in [0.4, 0.5) is 4.79 Å². The van der Waals surface area contributed by atoms with Crippen LogP contribution < -0.4 is 5.32 Å². The summed E-state index contributed by atoms with van der Waals surface area (Å²) in [4.78, 5) is 10.9. The molecule has 1 aromatic rings. The van der Waals surface area contributed by atoms with Crippen LogP contribution in [0.3, 0.4) is 0 Å². The monoisotopic (exact) mass is 231 g/mol. The van der Waals surface area contributed by atoms with Crippen molar-refractivity contribution in [3.63, 3.8) is 0 Å². The number of benzene rings is 1. The lowest BCUT2D eigenvalue weighted by molar-refractivity contribution is 0.188. The van der Waals surface area contributed by atoms with Crippen molar-refractivity contribution < 1.29 is 9.90 Å². The Labute approximate surface area is 101 Å². The van der Waals surface area contributed by atoms with Crippen LogP contribution in [0.1, 0.15) is 37.2 Å². The summed E-state index contributed by atoms with van der Waals surface area (Å²) in [6.45, 7) is 0. The molecule has 90 valence electrons. The molecule has 0 bridgehead atoms. The Kier molecular flexibility index (Phi) is 2.35. The Morgan fingerprint density at radius 3 is 2.53 bits per heavy atom. The van der Waals surface area contributed by atoms with Gasteiger partial charge in [-0.2, -0.15) is 0 Å². The molecule has 17 heavy (non-hydrogen) atoms. The summed E-state index contributed by atoms with van der Waals surface area (Å²) in [6.07, 6.45) is 3.80. The summed E-state index contributed by atoms with van der Waals surface area (Å²) < 4.78 is 0. The second-order valence-corrected chi connectivity index (χ2v) is 5.48. The first-order chi connectivity index (χ1) is 8.19. The van der Waals surface area contributed by atoms with Gasteiger partial charge in [-0.25, -0.2) is 4.79 Å². The number of carboxylic acid groups (broad SMARTS) is 1. The lowest BCUT2D eigenvalue weighted by Crippen LogP contribution is -2.35. The van der Waals surface area contributed by atoms with E-state index in [9.17, 15) is 4.79 Å². The fraction of sp³-hybridized carbons (Fsp3) is 0.500. The van der Waals surface area contributed by atoms with Crippen LogP contribution in [-0.2, 0) is 0 Å². The van der Waals surface area contributed by atoms with Crippen LogP contribution in [0.15, 0.2) is 30.3 Å². The van der Waals surface area contributed by atoms with Crippen LogP contribution in [0.5, 0.6) is 0 Å². The van der Waals surface area contributed by atoms with E-state index in [0.717, 1.165) is 12.8 Å². The van der Waals surface area contributed by atoms with Crippen molar-refractivity contribution >= 4 is 6.09 Å². The molecule has 0 aliphatic heterocycles. The minimum atomic E-state index is -0.895. The highest BCUT2D eigenvalue weighted by Gasteiger charge is 2.53. The smallest absolute Gasteiger partial charge is 0.404 e. The van der Waals surface area contributed by atoms with Gasteiger partial charge in [0.1, 0.15) is 0 Å². The number of hydrogen-bond acceptors (Lipinski definition) is 1. The number of rotatable bonds is 2. The third-order valence-corrected chi connectivity index (χ3v) is 4.29. The summed E-state index contributed by atoms with van der Waals surface area (Å²) >= 11 is 0. The minimum absolute atomic E-state index is 0.0948. The largest absolute Gasteiger partial charge is 0.465 e. The van der Waals surface area contributed by atoms with Gasteiger partial charge >= 0.3 is 6.09 Å². The molecule has 0 saturated heterocycles.